The SMILES string of the molecule is O=C(NC(C(=O)NC1Cc2cccc(C(=O)O)c2OB1O)c1ccc(P(=O)(O)O)cc1)c1ccc(O)c(O)c1Cl. The molecule has 16 heteroatoms. The number of phenolic OH excluding ortho intramolecular Hbond substituents is 2. The van der Waals surface area contributed by atoms with Gasteiger partial charge in [-0.1, -0.05) is 35.9 Å². The van der Waals surface area contributed by atoms with Gasteiger partial charge in [0.05, 0.1) is 27.4 Å². The van der Waals surface area contributed by atoms with Crippen LogP contribution in [0.1, 0.15) is 37.9 Å². The van der Waals surface area contributed by atoms with E-state index >= 15 is 0 Å². The van der Waals surface area contributed by atoms with Crippen LogP contribution in [0, 0.1) is 0 Å². The van der Waals surface area contributed by atoms with Crippen LogP contribution in [0.2, 0.25) is 5.02 Å². The molecule has 40 heavy (non-hydrogen) atoms. The summed E-state index contributed by atoms with van der Waals surface area (Å²) in [5.74, 6) is -5.57. The van der Waals surface area contributed by atoms with Crippen molar-refractivity contribution in [3.63, 3.8) is 0 Å². The number of amides is 2. The Hall–Kier alpha value is -4.07. The van der Waals surface area contributed by atoms with Crippen LogP contribution >= 0.6 is 19.2 Å². The second-order valence-corrected chi connectivity index (χ2v) is 10.7. The van der Waals surface area contributed by atoms with Gasteiger partial charge < -0.3 is 45.4 Å². The second kappa shape index (κ2) is 11.2. The summed E-state index contributed by atoms with van der Waals surface area (Å²) in [5.41, 5.74) is 0.0128. The van der Waals surface area contributed by atoms with E-state index < -0.39 is 61.0 Å². The fourth-order valence-electron chi connectivity index (χ4n) is 4.08. The predicted molar refractivity (Wildman–Crippen MR) is 141 cm³/mol. The molecule has 208 valence electrons. The summed E-state index contributed by atoms with van der Waals surface area (Å²) in [6.45, 7) is 0. The first-order valence-corrected chi connectivity index (χ1v) is 13.4. The molecule has 0 saturated carbocycles. The molecular weight excluding hydrogens is 570 g/mol. The number of benzene rings is 3. The number of carbonyl (C=O) groups is 3. The van der Waals surface area contributed by atoms with Crippen LogP contribution in [0.5, 0.6) is 17.2 Å². The molecule has 1 aliphatic rings. The number of nitrogens with one attached hydrogen (secondary N) is 2. The van der Waals surface area contributed by atoms with E-state index in [1.807, 2.05) is 0 Å². The highest BCUT2D eigenvalue weighted by molar-refractivity contribution is 7.60. The summed E-state index contributed by atoms with van der Waals surface area (Å²) in [6, 6.07) is 9.50. The van der Waals surface area contributed by atoms with Crippen molar-refractivity contribution in [3.8, 4) is 17.2 Å². The van der Waals surface area contributed by atoms with E-state index in [9.17, 15) is 49.1 Å². The number of fused-ring (bicyclic) bond motifs is 1. The van der Waals surface area contributed by atoms with Crippen LogP contribution in [0.15, 0.2) is 54.6 Å². The number of hydrogen-bond donors (Lipinski definition) is 8. The molecule has 13 nitrogen and oxygen atoms in total. The first-order chi connectivity index (χ1) is 18.8. The molecule has 0 aromatic heterocycles. The van der Waals surface area contributed by atoms with E-state index in [1.165, 1.54) is 24.3 Å². The summed E-state index contributed by atoms with van der Waals surface area (Å²) in [6.07, 6.45) is -0.0289. The molecule has 2 atom stereocenters. The van der Waals surface area contributed by atoms with Crippen molar-refractivity contribution >= 4 is 49.4 Å². The monoisotopic (exact) mass is 590 g/mol. The molecule has 0 radical (unpaired) electrons. The molecule has 3 aromatic rings. The smallest absolute Gasteiger partial charge is 0.534 e. The van der Waals surface area contributed by atoms with Crippen LogP contribution in [0.4, 0.5) is 0 Å². The number of rotatable bonds is 7. The van der Waals surface area contributed by atoms with E-state index in [-0.39, 0.29) is 34.2 Å². The molecule has 0 spiro atoms. The first kappa shape index (κ1) is 28.9. The molecule has 8 N–H and O–H groups in total. The van der Waals surface area contributed by atoms with Crippen molar-refractivity contribution in [1.82, 2.24) is 10.6 Å². The number of halogens is 1. The minimum Gasteiger partial charge on any atom is -0.534 e. The number of carboxylic acid groups (broad SMARTS) is 1. The first-order valence-electron chi connectivity index (χ1n) is 11.5. The van der Waals surface area contributed by atoms with Gasteiger partial charge in [-0.3, -0.25) is 14.2 Å². The zero-order valence-electron chi connectivity index (χ0n) is 20.2. The van der Waals surface area contributed by atoms with Gasteiger partial charge in [0.2, 0.25) is 5.91 Å². The van der Waals surface area contributed by atoms with E-state index in [0.717, 1.165) is 24.3 Å². The van der Waals surface area contributed by atoms with E-state index in [2.05, 4.69) is 10.6 Å². The van der Waals surface area contributed by atoms with Crippen LogP contribution in [0.25, 0.3) is 0 Å². The number of aromatic hydroxyl groups is 2. The second-order valence-electron chi connectivity index (χ2n) is 8.76. The summed E-state index contributed by atoms with van der Waals surface area (Å²) >= 11 is 5.98. The average Bonchev–Trinajstić information content (AvgIpc) is 2.90. The van der Waals surface area contributed by atoms with E-state index in [1.54, 1.807) is 6.07 Å². The van der Waals surface area contributed by atoms with Crippen molar-refractivity contribution in [3.05, 3.63) is 81.9 Å². The zero-order chi connectivity index (χ0) is 29.4. The van der Waals surface area contributed by atoms with Crippen molar-refractivity contribution in [1.29, 1.82) is 0 Å². The van der Waals surface area contributed by atoms with Crippen LogP contribution in [0.3, 0.4) is 0 Å². The van der Waals surface area contributed by atoms with Gasteiger partial charge in [-0.15, -0.1) is 0 Å². The molecule has 0 bridgehead atoms. The number of para-hydroxylation sites is 1. The van der Waals surface area contributed by atoms with Gasteiger partial charge in [0, 0.05) is 0 Å². The van der Waals surface area contributed by atoms with Crippen molar-refractivity contribution < 1.29 is 53.7 Å². The van der Waals surface area contributed by atoms with Gasteiger partial charge in [-0.25, -0.2) is 4.79 Å². The summed E-state index contributed by atoms with van der Waals surface area (Å²) in [7, 11) is -6.27. The highest BCUT2D eigenvalue weighted by atomic mass is 35.5. The van der Waals surface area contributed by atoms with Gasteiger partial charge in [0.1, 0.15) is 11.8 Å². The molecule has 1 heterocycles. The van der Waals surface area contributed by atoms with Gasteiger partial charge in [0.25, 0.3) is 5.91 Å². The molecular formula is C24H21BClN2O11P. The van der Waals surface area contributed by atoms with Crippen molar-refractivity contribution in [2.24, 2.45) is 0 Å². The third-order valence-corrected chi connectivity index (χ3v) is 7.47. The Morgan fingerprint density at radius 3 is 2.33 bits per heavy atom. The Labute approximate surface area is 231 Å². The van der Waals surface area contributed by atoms with Gasteiger partial charge in [-0.2, -0.15) is 0 Å². The fourth-order valence-corrected chi connectivity index (χ4v) is 4.87. The molecule has 1 aliphatic heterocycles. The van der Waals surface area contributed by atoms with Gasteiger partial charge in [0.15, 0.2) is 11.5 Å². The lowest BCUT2D eigenvalue weighted by Gasteiger charge is -2.30. The number of carboxylic acids is 1. The highest BCUT2D eigenvalue weighted by Crippen LogP contribution is 2.36. The standard InChI is InChI=1S/C24H21BClN2O11P/c26-18-14(8-9-16(29)20(18)30)22(31)28-19(11-4-6-13(7-5-11)40(36,37)38)23(32)27-17-10-12-2-1-3-15(24(33)34)21(12)39-25(17)35/h1-9,17,19,29-30,35H,10H2,(H,27,32)(H,28,31)(H,33,34)(H2,36,37,38). The van der Waals surface area contributed by atoms with Gasteiger partial charge >= 0.3 is 20.7 Å². The Morgan fingerprint density at radius 2 is 1.70 bits per heavy atom. The molecule has 0 fully saturated rings. The number of phenols is 2. The maximum Gasteiger partial charge on any atom is 0.547 e. The molecule has 4 rings (SSSR count). The molecule has 2 unspecified atom stereocenters. The maximum absolute atomic E-state index is 13.4. The Kier molecular flexibility index (Phi) is 8.10. The lowest BCUT2D eigenvalue weighted by atomic mass is 9.72. The van der Waals surface area contributed by atoms with Gasteiger partial charge in [-0.05, 0) is 47.9 Å². The number of hydrogen-bond acceptors (Lipinski definition) is 8. The Balaban J connectivity index is 1.64. The predicted octanol–water partition coefficient (Wildman–Crippen LogP) is 0.863. The topological polar surface area (TPSA) is 223 Å². The molecule has 3 aromatic carbocycles. The number of carbonyl (C=O) groups excluding carboxylic acids is 2. The van der Waals surface area contributed by atoms with Crippen molar-refractivity contribution in [2.75, 3.05) is 0 Å². The minimum atomic E-state index is -4.61. The lowest BCUT2D eigenvalue weighted by molar-refractivity contribution is -0.123. The highest BCUT2D eigenvalue weighted by Gasteiger charge is 2.39. The third-order valence-electron chi connectivity index (χ3n) is 6.12. The minimum absolute atomic E-state index is 0.0289. The summed E-state index contributed by atoms with van der Waals surface area (Å²) < 4.78 is 17.0. The molecule has 2 amide bonds. The third kappa shape index (κ3) is 5.91. The Morgan fingerprint density at radius 1 is 1.02 bits per heavy atom. The molecule has 0 aliphatic carbocycles. The van der Waals surface area contributed by atoms with Crippen molar-refractivity contribution in [2.45, 2.75) is 18.4 Å². The zero-order valence-corrected chi connectivity index (χ0v) is 21.8. The largest absolute Gasteiger partial charge is 0.547 e. The molecule has 0 saturated heterocycles. The van der Waals surface area contributed by atoms with Crippen LogP contribution in [-0.2, 0) is 15.8 Å². The fraction of sp³-hybridized carbons (Fsp3) is 0.125. The quantitative estimate of drug-likeness (QED) is 0.109. The number of aromatic carboxylic acids is 1. The van der Waals surface area contributed by atoms with E-state index in [4.69, 9.17) is 16.3 Å². The summed E-state index contributed by atoms with van der Waals surface area (Å²) in [4.78, 5) is 56.8. The lowest BCUT2D eigenvalue weighted by Crippen LogP contribution is -2.55. The maximum atomic E-state index is 13.4. The normalized spacial score (nSPS) is 15.4. The Bertz CT molecular complexity index is 1550. The summed E-state index contributed by atoms with van der Waals surface area (Å²) in [5, 5.41) is 43.5. The average molecular weight is 591 g/mol. The van der Waals surface area contributed by atoms with Crippen LogP contribution < -0.4 is 20.6 Å². The van der Waals surface area contributed by atoms with Crippen LogP contribution in [-0.4, -0.2) is 61.0 Å². The van der Waals surface area contributed by atoms with E-state index in [0.29, 0.717) is 5.56 Å².